The van der Waals surface area contributed by atoms with Gasteiger partial charge in [0.15, 0.2) is 0 Å². The van der Waals surface area contributed by atoms with Crippen molar-refractivity contribution in [3.63, 3.8) is 0 Å². The largest absolute Gasteiger partial charge is 0.489 e. The van der Waals surface area contributed by atoms with Crippen molar-refractivity contribution in [3.8, 4) is 17.6 Å². The molecule has 3 nitrogen and oxygen atoms in total. The lowest BCUT2D eigenvalue weighted by Crippen LogP contribution is -2.09. The van der Waals surface area contributed by atoms with Crippen molar-refractivity contribution < 1.29 is 9.47 Å². The highest BCUT2D eigenvalue weighted by atomic mass is 79.9. The molecule has 2 aromatic rings. The Hall–Kier alpha value is -1.41. The molecule has 0 atom stereocenters. The van der Waals surface area contributed by atoms with Crippen molar-refractivity contribution in [1.29, 1.82) is 5.26 Å². The second-order valence-corrected chi connectivity index (χ2v) is 5.78. The van der Waals surface area contributed by atoms with Gasteiger partial charge in [-0.3, -0.25) is 0 Å². The lowest BCUT2D eigenvalue weighted by molar-refractivity contribution is 0.217. The molecule has 0 radical (unpaired) electrons. The summed E-state index contributed by atoms with van der Waals surface area (Å²) in [4.78, 5) is 0. The molecule has 108 valence electrons. The molecular weight excluding hydrogens is 377 g/mol. The fraction of sp³-hybridized carbons (Fsp3) is 0.133. The molecule has 0 spiro atoms. The van der Waals surface area contributed by atoms with E-state index in [1.807, 2.05) is 6.07 Å². The van der Waals surface area contributed by atoms with Crippen LogP contribution in [0.15, 0.2) is 40.9 Å². The van der Waals surface area contributed by atoms with Crippen molar-refractivity contribution in [2.24, 2.45) is 0 Å². The third kappa shape index (κ3) is 4.53. The van der Waals surface area contributed by atoms with Crippen LogP contribution in [-0.4, -0.2) is 13.2 Å². The monoisotopic (exact) mass is 385 g/mol. The van der Waals surface area contributed by atoms with Gasteiger partial charge in [-0.25, -0.2) is 0 Å². The van der Waals surface area contributed by atoms with Crippen LogP contribution in [0.1, 0.15) is 5.56 Å². The average Bonchev–Trinajstić information content (AvgIpc) is 2.46. The summed E-state index contributed by atoms with van der Waals surface area (Å²) in [6, 6.07) is 12.3. The summed E-state index contributed by atoms with van der Waals surface area (Å²) in [6.07, 6.45) is 0. The second kappa shape index (κ2) is 7.56. The summed E-state index contributed by atoms with van der Waals surface area (Å²) in [6.45, 7) is 0.609. The SMILES string of the molecule is N#Cc1cc(Br)ccc1OCCOc1ccc(Cl)cc1Cl. The molecule has 0 aliphatic carbocycles. The minimum absolute atomic E-state index is 0.301. The van der Waals surface area contributed by atoms with Gasteiger partial charge in [0.2, 0.25) is 0 Å². The smallest absolute Gasteiger partial charge is 0.138 e. The molecule has 6 heteroatoms. The van der Waals surface area contributed by atoms with Crippen LogP contribution in [0.2, 0.25) is 10.0 Å². The number of hydrogen-bond donors (Lipinski definition) is 0. The highest BCUT2D eigenvalue weighted by molar-refractivity contribution is 9.10. The molecule has 2 rings (SSSR count). The van der Waals surface area contributed by atoms with E-state index in [-0.39, 0.29) is 0 Å². The first-order chi connectivity index (χ1) is 10.1. The van der Waals surface area contributed by atoms with Crippen LogP contribution in [-0.2, 0) is 0 Å². The van der Waals surface area contributed by atoms with Crippen LogP contribution < -0.4 is 9.47 Å². The Balaban J connectivity index is 1.89. The number of benzene rings is 2. The second-order valence-electron chi connectivity index (χ2n) is 4.02. The van der Waals surface area contributed by atoms with Crippen molar-refractivity contribution in [1.82, 2.24) is 0 Å². The van der Waals surface area contributed by atoms with Crippen molar-refractivity contribution in [3.05, 3.63) is 56.5 Å². The zero-order chi connectivity index (χ0) is 15.2. The number of ether oxygens (including phenoxy) is 2. The number of nitriles is 1. The summed E-state index contributed by atoms with van der Waals surface area (Å²) in [5.74, 6) is 1.06. The highest BCUT2D eigenvalue weighted by Crippen LogP contribution is 2.27. The van der Waals surface area contributed by atoms with E-state index < -0.39 is 0 Å². The molecule has 0 aromatic heterocycles. The first-order valence-electron chi connectivity index (χ1n) is 6.00. The van der Waals surface area contributed by atoms with E-state index in [2.05, 4.69) is 22.0 Å². The minimum Gasteiger partial charge on any atom is -0.489 e. The van der Waals surface area contributed by atoms with Crippen LogP contribution in [0.4, 0.5) is 0 Å². The van der Waals surface area contributed by atoms with Gasteiger partial charge in [0.05, 0.1) is 10.6 Å². The lowest BCUT2D eigenvalue weighted by atomic mass is 10.2. The van der Waals surface area contributed by atoms with Gasteiger partial charge in [-0.05, 0) is 36.4 Å². The molecule has 2 aromatic carbocycles. The Bertz CT molecular complexity index is 686. The maximum atomic E-state index is 9.03. The summed E-state index contributed by atoms with van der Waals surface area (Å²) >= 11 is 15.1. The molecule has 0 N–H and O–H groups in total. The van der Waals surface area contributed by atoms with Gasteiger partial charge in [-0.15, -0.1) is 0 Å². The van der Waals surface area contributed by atoms with E-state index in [0.717, 1.165) is 4.47 Å². The maximum Gasteiger partial charge on any atom is 0.138 e. The molecular formula is C15H10BrCl2NO2. The van der Waals surface area contributed by atoms with Crippen LogP contribution in [0, 0.1) is 11.3 Å². The summed E-state index contributed by atoms with van der Waals surface area (Å²) in [7, 11) is 0. The van der Waals surface area contributed by atoms with Gasteiger partial charge in [0.25, 0.3) is 0 Å². The van der Waals surface area contributed by atoms with Gasteiger partial charge in [-0.2, -0.15) is 5.26 Å². The summed E-state index contributed by atoms with van der Waals surface area (Å²) < 4.78 is 11.9. The normalized spacial score (nSPS) is 10.0. The molecule has 0 amide bonds. The van der Waals surface area contributed by atoms with Gasteiger partial charge < -0.3 is 9.47 Å². The van der Waals surface area contributed by atoms with E-state index in [1.165, 1.54) is 0 Å². The Labute approximate surface area is 141 Å². The fourth-order valence-electron chi connectivity index (χ4n) is 1.61. The molecule has 0 aliphatic rings. The predicted molar refractivity (Wildman–Crippen MR) is 86.3 cm³/mol. The quantitative estimate of drug-likeness (QED) is 0.672. The summed E-state index contributed by atoms with van der Waals surface area (Å²) in [5.41, 5.74) is 0.467. The van der Waals surface area contributed by atoms with E-state index in [4.69, 9.17) is 37.9 Å². The summed E-state index contributed by atoms with van der Waals surface area (Å²) in [5, 5.41) is 10.0. The van der Waals surface area contributed by atoms with E-state index in [1.54, 1.807) is 30.3 Å². The van der Waals surface area contributed by atoms with Crippen LogP contribution in [0.25, 0.3) is 0 Å². The molecule has 0 heterocycles. The topological polar surface area (TPSA) is 42.2 Å². The Morgan fingerprint density at radius 2 is 1.67 bits per heavy atom. The zero-order valence-electron chi connectivity index (χ0n) is 10.8. The molecule has 0 saturated carbocycles. The zero-order valence-corrected chi connectivity index (χ0v) is 13.9. The first-order valence-corrected chi connectivity index (χ1v) is 7.55. The number of rotatable bonds is 5. The Kier molecular flexibility index (Phi) is 5.75. The van der Waals surface area contributed by atoms with Crippen molar-refractivity contribution in [2.45, 2.75) is 0 Å². The van der Waals surface area contributed by atoms with Crippen LogP contribution >= 0.6 is 39.1 Å². The van der Waals surface area contributed by atoms with E-state index in [9.17, 15) is 0 Å². The Morgan fingerprint density at radius 3 is 2.33 bits per heavy atom. The molecule has 0 unspecified atom stereocenters. The van der Waals surface area contributed by atoms with Gasteiger partial charge in [0.1, 0.15) is 30.8 Å². The first kappa shape index (κ1) is 16.0. The van der Waals surface area contributed by atoms with Gasteiger partial charge >= 0.3 is 0 Å². The number of nitrogens with zero attached hydrogens (tertiary/aromatic N) is 1. The third-order valence-electron chi connectivity index (χ3n) is 2.55. The predicted octanol–water partition coefficient (Wildman–Crippen LogP) is 5.09. The molecule has 0 aliphatic heterocycles. The number of halogens is 3. The van der Waals surface area contributed by atoms with Crippen LogP contribution in [0.3, 0.4) is 0 Å². The standard InChI is InChI=1S/C15H10BrCl2NO2/c16-11-1-3-14(10(7-11)9-19)20-5-6-21-15-4-2-12(17)8-13(15)18/h1-4,7-8H,5-6H2. The highest BCUT2D eigenvalue weighted by Gasteiger charge is 2.05. The van der Waals surface area contributed by atoms with Crippen molar-refractivity contribution >= 4 is 39.1 Å². The van der Waals surface area contributed by atoms with E-state index in [0.29, 0.717) is 40.3 Å². The van der Waals surface area contributed by atoms with Gasteiger partial charge in [0, 0.05) is 9.50 Å². The lowest BCUT2D eigenvalue weighted by Gasteiger charge is -2.10. The number of hydrogen-bond acceptors (Lipinski definition) is 3. The molecule has 0 saturated heterocycles. The minimum atomic E-state index is 0.301. The Morgan fingerprint density at radius 1 is 1.00 bits per heavy atom. The third-order valence-corrected chi connectivity index (χ3v) is 3.58. The van der Waals surface area contributed by atoms with Crippen molar-refractivity contribution in [2.75, 3.05) is 13.2 Å². The molecule has 0 bridgehead atoms. The molecule has 21 heavy (non-hydrogen) atoms. The van der Waals surface area contributed by atoms with Gasteiger partial charge in [-0.1, -0.05) is 39.1 Å². The maximum absolute atomic E-state index is 9.03. The average molecular weight is 387 g/mol. The molecule has 0 fully saturated rings. The van der Waals surface area contributed by atoms with E-state index >= 15 is 0 Å². The fourth-order valence-corrected chi connectivity index (χ4v) is 2.44. The van der Waals surface area contributed by atoms with Crippen LogP contribution in [0.5, 0.6) is 11.5 Å².